The first-order valence-corrected chi connectivity index (χ1v) is 10.6. The van der Waals surface area contributed by atoms with Crippen LogP contribution in [0.15, 0.2) is 42.6 Å². The van der Waals surface area contributed by atoms with Gasteiger partial charge in [0, 0.05) is 23.5 Å². The van der Waals surface area contributed by atoms with Crippen molar-refractivity contribution >= 4 is 27.2 Å². The largest absolute Gasteiger partial charge is 0.491 e. The van der Waals surface area contributed by atoms with E-state index in [0.717, 1.165) is 5.75 Å². The molecule has 3 rings (SSSR count). The smallest absolute Gasteiger partial charge is 0.255 e. The average Bonchev–Trinajstić information content (AvgIpc) is 2.95. The zero-order chi connectivity index (χ0) is 19.4. The number of aromatic nitrogens is 1. The van der Waals surface area contributed by atoms with Gasteiger partial charge in [-0.05, 0) is 56.7 Å². The number of hydrogen-bond acceptors (Lipinski definition) is 6. The van der Waals surface area contributed by atoms with E-state index in [-0.39, 0.29) is 29.6 Å². The molecule has 1 amide bonds. The van der Waals surface area contributed by atoms with E-state index in [2.05, 4.69) is 15.6 Å². The summed E-state index contributed by atoms with van der Waals surface area (Å²) in [6.07, 6.45) is 2.16. The molecule has 1 aromatic heterocycles. The Hall–Kier alpha value is -2.61. The molecule has 0 saturated carbocycles. The van der Waals surface area contributed by atoms with Crippen molar-refractivity contribution in [1.29, 1.82) is 0 Å². The van der Waals surface area contributed by atoms with Crippen molar-refractivity contribution in [2.24, 2.45) is 0 Å². The molecule has 0 bridgehead atoms. The zero-order valence-corrected chi connectivity index (χ0v) is 16.1. The number of benzene rings is 1. The van der Waals surface area contributed by atoms with Crippen LogP contribution in [0.3, 0.4) is 0 Å². The molecular weight excluding hydrogens is 366 g/mol. The minimum absolute atomic E-state index is 0.0861. The summed E-state index contributed by atoms with van der Waals surface area (Å²) in [5.41, 5.74) is 1.10. The average molecular weight is 389 g/mol. The van der Waals surface area contributed by atoms with Crippen molar-refractivity contribution in [3.63, 3.8) is 0 Å². The summed E-state index contributed by atoms with van der Waals surface area (Å²) in [6, 6.07) is 10.2. The zero-order valence-electron chi connectivity index (χ0n) is 15.3. The molecule has 1 saturated heterocycles. The van der Waals surface area contributed by atoms with Gasteiger partial charge in [0.05, 0.1) is 17.6 Å². The van der Waals surface area contributed by atoms with E-state index in [1.807, 2.05) is 13.8 Å². The summed E-state index contributed by atoms with van der Waals surface area (Å²) in [7, 11) is -2.97. The van der Waals surface area contributed by atoms with Gasteiger partial charge in [-0.25, -0.2) is 13.4 Å². The first-order valence-electron chi connectivity index (χ1n) is 8.82. The van der Waals surface area contributed by atoms with Gasteiger partial charge in [-0.15, -0.1) is 0 Å². The maximum atomic E-state index is 12.5. The van der Waals surface area contributed by atoms with E-state index < -0.39 is 9.84 Å². The van der Waals surface area contributed by atoms with Gasteiger partial charge in [0.1, 0.15) is 11.6 Å². The number of sulfone groups is 1. The lowest BCUT2D eigenvalue weighted by molar-refractivity contribution is 0.102. The van der Waals surface area contributed by atoms with Crippen LogP contribution in [0.4, 0.5) is 11.5 Å². The monoisotopic (exact) mass is 389 g/mol. The van der Waals surface area contributed by atoms with E-state index in [1.165, 1.54) is 6.20 Å². The number of nitrogens with zero attached hydrogens (tertiary/aromatic N) is 1. The number of ether oxygens (including phenoxy) is 1. The third-order valence-electron chi connectivity index (χ3n) is 4.09. The highest BCUT2D eigenvalue weighted by molar-refractivity contribution is 7.91. The molecular formula is C19H23N3O4S. The molecule has 2 aromatic rings. The molecule has 0 spiro atoms. The van der Waals surface area contributed by atoms with Crippen LogP contribution in [0.25, 0.3) is 0 Å². The van der Waals surface area contributed by atoms with Crippen LogP contribution in [-0.4, -0.2) is 43.0 Å². The van der Waals surface area contributed by atoms with Crippen molar-refractivity contribution < 1.29 is 17.9 Å². The van der Waals surface area contributed by atoms with Gasteiger partial charge >= 0.3 is 0 Å². The number of carbonyl (C=O) groups excluding carboxylic acids is 1. The topological polar surface area (TPSA) is 97.4 Å². The molecule has 1 aliphatic rings. The molecule has 1 atom stereocenters. The second kappa shape index (κ2) is 7.96. The minimum atomic E-state index is -2.97. The van der Waals surface area contributed by atoms with E-state index in [1.54, 1.807) is 36.4 Å². The predicted octanol–water partition coefficient (Wildman–Crippen LogP) is 2.72. The Morgan fingerprint density at radius 1 is 1.22 bits per heavy atom. The van der Waals surface area contributed by atoms with Gasteiger partial charge in [-0.3, -0.25) is 4.79 Å². The van der Waals surface area contributed by atoms with Crippen LogP contribution in [0, 0.1) is 0 Å². The van der Waals surface area contributed by atoms with Crippen LogP contribution in [-0.2, 0) is 9.84 Å². The summed E-state index contributed by atoms with van der Waals surface area (Å²) >= 11 is 0. The van der Waals surface area contributed by atoms with Crippen LogP contribution < -0.4 is 15.4 Å². The highest BCUT2D eigenvalue weighted by Crippen LogP contribution is 2.19. The third-order valence-corrected chi connectivity index (χ3v) is 5.86. The number of hydrogen-bond donors (Lipinski definition) is 2. The first kappa shape index (κ1) is 19.2. The minimum Gasteiger partial charge on any atom is -0.491 e. The third kappa shape index (κ3) is 5.43. The Morgan fingerprint density at radius 2 is 1.96 bits per heavy atom. The van der Waals surface area contributed by atoms with Crippen molar-refractivity contribution in [2.45, 2.75) is 32.4 Å². The lowest BCUT2D eigenvalue weighted by Crippen LogP contribution is -2.21. The highest BCUT2D eigenvalue weighted by atomic mass is 32.2. The Bertz CT molecular complexity index is 911. The molecule has 1 aromatic carbocycles. The Balaban J connectivity index is 1.63. The number of carbonyl (C=O) groups is 1. The number of anilines is 2. The standard InChI is InChI=1S/C19H23N3O4S/c1-13(2)26-17-5-3-15(4-6-17)22-19(23)14-7-9-20-18(11-14)21-16-8-10-27(24,25)12-16/h3-7,9,11,13,16H,8,10,12H2,1-2H3,(H,20,21)(H,22,23). The molecule has 1 aliphatic heterocycles. The van der Waals surface area contributed by atoms with Crippen LogP contribution in [0.2, 0.25) is 0 Å². The van der Waals surface area contributed by atoms with Crippen molar-refractivity contribution in [2.75, 3.05) is 22.1 Å². The Labute approximate surface area is 159 Å². The fourth-order valence-corrected chi connectivity index (χ4v) is 4.53. The van der Waals surface area contributed by atoms with Gasteiger partial charge in [-0.1, -0.05) is 0 Å². The van der Waals surface area contributed by atoms with Gasteiger partial charge in [0.15, 0.2) is 9.84 Å². The van der Waals surface area contributed by atoms with Crippen LogP contribution >= 0.6 is 0 Å². The molecule has 1 fully saturated rings. The summed E-state index contributed by atoms with van der Waals surface area (Å²) in [4.78, 5) is 16.7. The van der Waals surface area contributed by atoms with Gasteiger partial charge in [-0.2, -0.15) is 0 Å². The van der Waals surface area contributed by atoms with Crippen molar-refractivity contribution in [1.82, 2.24) is 4.98 Å². The number of rotatable bonds is 6. The lowest BCUT2D eigenvalue weighted by atomic mass is 10.2. The van der Waals surface area contributed by atoms with E-state index in [0.29, 0.717) is 23.5 Å². The molecule has 0 radical (unpaired) electrons. The molecule has 1 unspecified atom stereocenters. The Kier molecular flexibility index (Phi) is 5.65. The molecule has 144 valence electrons. The van der Waals surface area contributed by atoms with E-state index >= 15 is 0 Å². The molecule has 7 nitrogen and oxygen atoms in total. The fraction of sp³-hybridized carbons (Fsp3) is 0.368. The number of nitrogens with one attached hydrogen (secondary N) is 2. The fourth-order valence-electron chi connectivity index (χ4n) is 2.86. The van der Waals surface area contributed by atoms with Gasteiger partial charge in [0.25, 0.3) is 5.91 Å². The normalized spacial score (nSPS) is 18.3. The van der Waals surface area contributed by atoms with Gasteiger partial charge in [0.2, 0.25) is 0 Å². The summed E-state index contributed by atoms with van der Waals surface area (Å²) < 4.78 is 28.7. The highest BCUT2D eigenvalue weighted by Gasteiger charge is 2.28. The Morgan fingerprint density at radius 3 is 2.59 bits per heavy atom. The maximum absolute atomic E-state index is 12.5. The lowest BCUT2D eigenvalue weighted by Gasteiger charge is -2.13. The van der Waals surface area contributed by atoms with E-state index in [9.17, 15) is 13.2 Å². The van der Waals surface area contributed by atoms with Gasteiger partial charge < -0.3 is 15.4 Å². The maximum Gasteiger partial charge on any atom is 0.255 e. The SMILES string of the molecule is CC(C)Oc1ccc(NC(=O)c2ccnc(NC3CCS(=O)(=O)C3)c2)cc1. The summed E-state index contributed by atoms with van der Waals surface area (Å²) in [6.45, 7) is 3.90. The predicted molar refractivity (Wildman–Crippen MR) is 105 cm³/mol. The van der Waals surface area contributed by atoms with E-state index in [4.69, 9.17) is 4.74 Å². The van der Waals surface area contributed by atoms with Crippen LogP contribution in [0.1, 0.15) is 30.6 Å². The second-order valence-electron chi connectivity index (χ2n) is 6.82. The summed E-state index contributed by atoms with van der Waals surface area (Å²) in [5.74, 6) is 1.24. The quantitative estimate of drug-likeness (QED) is 0.788. The van der Waals surface area contributed by atoms with Crippen molar-refractivity contribution in [3.8, 4) is 5.75 Å². The van der Waals surface area contributed by atoms with Crippen molar-refractivity contribution in [3.05, 3.63) is 48.2 Å². The molecule has 0 aliphatic carbocycles. The molecule has 2 heterocycles. The summed E-state index contributed by atoms with van der Waals surface area (Å²) in [5, 5.41) is 5.92. The molecule has 27 heavy (non-hydrogen) atoms. The number of amides is 1. The number of pyridine rings is 1. The van der Waals surface area contributed by atoms with Crippen LogP contribution in [0.5, 0.6) is 5.75 Å². The molecule has 8 heteroatoms. The molecule has 2 N–H and O–H groups in total. The first-order chi connectivity index (χ1) is 12.8. The second-order valence-corrected chi connectivity index (χ2v) is 9.05.